The Balaban J connectivity index is 1.48. The summed E-state index contributed by atoms with van der Waals surface area (Å²) in [6.45, 7) is 0.572. The molecular weight excluding hydrogens is 433 g/mol. The highest BCUT2D eigenvalue weighted by molar-refractivity contribution is 7.98. The lowest BCUT2D eigenvalue weighted by atomic mass is 10.2. The summed E-state index contributed by atoms with van der Waals surface area (Å²) in [6, 6.07) is 17.8. The Labute approximate surface area is 185 Å². The maximum absolute atomic E-state index is 13.4. The van der Waals surface area contributed by atoms with Crippen molar-refractivity contribution in [1.29, 1.82) is 0 Å². The Kier molecular flexibility index (Phi) is 5.35. The fourth-order valence-corrected chi connectivity index (χ4v) is 4.79. The Morgan fingerprint density at radius 2 is 1.84 bits per heavy atom. The minimum absolute atomic E-state index is 0.0976. The predicted octanol–water partition coefficient (Wildman–Crippen LogP) is 4.49. The standard InChI is InChI=1S/C22H16FN5OS2/c23-17-8-6-16(7-9-17)20-25-26-22(28(20)13-15-4-2-1-3-5-15)31-14-18-12-19(29)27-10-11-30-21(27)24-18/h1-12H,13-14H2. The van der Waals surface area contributed by atoms with Gasteiger partial charge in [-0.15, -0.1) is 21.5 Å². The van der Waals surface area contributed by atoms with Crippen molar-refractivity contribution in [3.63, 3.8) is 0 Å². The number of thiazole rings is 1. The molecule has 2 aromatic carbocycles. The van der Waals surface area contributed by atoms with Gasteiger partial charge >= 0.3 is 0 Å². The molecule has 5 rings (SSSR count). The van der Waals surface area contributed by atoms with Crippen molar-refractivity contribution in [3.8, 4) is 11.4 Å². The fourth-order valence-electron chi connectivity index (χ4n) is 3.22. The molecule has 0 aliphatic rings. The average Bonchev–Trinajstić information content (AvgIpc) is 3.41. The number of nitrogens with zero attached hydrogens (tertiary/aromatic N) is 5. The van der Waals surface area contributed by atoms with Crippen LogP contribution in [0.25, 0.3) is 16.3 Å². The van der Waals surface area contributed by atoms with E-state index in [-0.39, 0.29) is 11.4 Å². The highest BCUT2D eigenvalue weighted by Crippen LogP contribution is 2.27. The van der Waals surface area contributed by atoms with Crippen LogP contribution in [0.3, 0.4) is 0 Å². The summed E-state index contributed by atoms with van der Waals surface area (Å²) in [5, 5.41) is 11.3. The second-order valence-electron chi connectivity index (χ2n) is 6.81. The number of halogens is 1. The summed E-state index contributed by atoms with van der Waals surface area (Å²) in [5.41, 5.74) is 2.48. The van der Waals surface area contributed by atoms with Crippen LogP contribution in [0.2, 0.25) is 0 Å². The molecule has 0 fully saturated rings. The Hall–Kier alpha value is -3.30. The monoisotopic (exact) mass is 449 g/mol. The van der Waals surface area contributed by atoms with Crippen molar-refractivity contribution < 1.29 is 4.39 Å². The van der Waals surface area contributed by atoms with Gasteiger partial charge in [0.1, 0.15) is 5.82 Å². The van der Waals surface area contributed by atoms with Crippen LogP contribution in [0.1, 0.15) is 11.3 Å². The van der Waals surface area contributed by atoms with Gasteiger partial charge in [0.05, 0.1) is 12.2 Å². The molecule has 0 amide bonds. The second-order valence-corrected chi connectivity index (χ2v) is 8.63. The summed E-state index contributed by atoms with van der Waals surface area (Å²) in [5.74, 6) is 0.849. The molecular formula is C22H16FN5OS2. The van der Waals surface area contributed by atoms with Gasteiger partial charge in [0.2, 0.25) is 0 Å². The summed E-state index contributed by atoms with van der Waals surface area (Å²) in [7, 11) is 0. The molecule has 0 saturated heterocycles. The van der Waals surface area contributed by atoms with Gasteiger partial charge < -0.3 is 0 Å². The first-order valence-electron chi connectivity index (χ1n) is 9.49. The van der Waals surface area contributed by atoms with Crippen molar-refractivity contribution in [2.45, 2.75) is 17.5 Å². The lowest BCUT2D eigenvalue weighted by molar-refractivity contribution is 0.628. The molecule has 5 aromatic rings. The minimum atomic E-state index is -0.297. The number of benzene rings is 2. The van der Waals surface area contributed by atoms with Crippen LogP contribution in [0.5, 0.6) is 0 Å². The van der Waals surface area contributed by atoms with E-state index in [1.54, 1.807) is 24.4 Å². The first-order chi connectivity index (χ1) is 15.2. The quantitative estimate of drug-likeness (QED) is 0.357. The third-order valence-electron chi connectivity index (χ3n) is 4.71. The molecule has 3 heterocycles. The molecule has 0 N–H and O–H groups in total. The van der Waals surface area contributed by atoms with E-state index in [0.717, 1.165) is 11.1 Å². The summed E-state index contributed by atoms with van der Waals surface area (Å²) < 4.78 is 16.9. The van der Waals surface area contributed by atoms with Crippen molar-refractivity contribution in [1.82, 2.24) is 24.1 Å². The van der Waals surface area contributed by atoms with Gasteiger partial charge in [-0.2, -0.15) is 0 Å². The fraction of sp³-hybridized carbons (Fsp3) is 0.0909. The van der Waals surface area contributed by atoms with Gasteiger partial charge in [0.15, 0.2) is 15.9 Å². The topological polar surface area (TPSA) is 65.1 Å². The summed E-state index contributed by atoms with van der Waals surface area (Å²) >= 11 is 2.89. The number of hydrogen-bond acceptors (Lipinski definition) is 6. The molecule has 0 saturated carbocycles. The van der Waals surface area contributed by atoms with Crippen LogP contribution >= 0.6 is 23.1 Å². The molecule has 0 spiro atoms. The summed E-state index contributed by atoms with van der Waals surface area (Å²) in [4.78, 5) is 17.5. The van der Waals surface area contributed by atoms with Crippen molar-refractivity contribution >= 4 is 28.1 Å². The van der Waals surface area contributed by atoms with Gasteiger partial charge in [-0.05, 0) is 29.8 Å². The molecule has 0 aliphatic carbocycles. The van der Waals surface area contributed by atoms with E-state index < -0.39 is 0 Å². The minimum Gasteiger partial charge on any atom is -0.298 e. The van der Waals surface area contributed by atoms with Crippen LogP contribution < -0.4 is 5.56 Å². The highest BCUT2D eigenvalue weighted by atomic mass is 32.2. The van der Waals surface area contributed by atoms with E-state index >= 15 is 0 Å². The SMILES string of the molecule is O=c1cc(CSc2nnc(-c3ccc(F)cc3)n2Cc2ccccc2)nc2sccn12. The largest absolute Gasteiger partial charge is 0.298 e. The Bertz CT molecular complexity index is 1390. The number of hydrogen-bond donors (Lipinski definition) is 0. The van der Waals surface area contributed by atoms with Crippen LogP contribution in [-0.2, 0) is 12.3 Å². The number of thioether (sulfide) groups is 1. The lowest BCUT2D eigenvalue weighted by Crippen LogP contribution is -2.12. The number of fused-ring (bicyclic) bond motifs is 1. The lowest BCUT2D eigenvalue weighted by Gasteiger charge is -2.10. The second kappa shape index (κ2) is 8.44. The summed E-state index contributed by atoms with van der Waals surface area (Å²) in [6.07, 6.45) is 1.72. The Morgan fingerprint density at radius 1 is 1.03 bits per heavy atom. The van der Waals surface area contributed by atoms with Crippen molar-refractivity contribution in [2.75, 3.05) is 0 Å². The molecule has 6 nitrogen and oxygen atoms in total. The van der Waals surface area contributed by atoms with Crippen molar-refractivity contribution in [3.05, 3.63) is 99.7 Å². The first-order valence-corrected chi connectivity index (χ1v) is 11.4. The van der Waals surface area contributed by atoms with Crippen LogP contribution in [-0.4, -0.2) is 24.1 Å². The maximum Gasteiger partial charge on any atom is 0.258 e. The Morgan fingerprint density at radius 3 is 2.65 bits per heavy atom. The van der Waals surface area contributed by atoms with Crippen LogP contribution in [0, 0.1) is 5.82 Å². The van der Waals surface area contributed by atoms with Crippen LogP contribution in [0.4, 0.5) is 4.39 Å². The molecule has 0 aliphatic heterocycles. The number of rotatable bonds is 6. The normalized spacial score (nSPS) is 11.3. The zero-order valence-electron chi connectivity index (χ0n) is 16.2. The third-order valence-corrected chi connectivity index (χ3v) is 6.47. The average molecular weight is 450 g/mol. The molecule has 3 aromatic heterocycles. The van der Waals surface area contributed by atoms with E-state index in [1.165, 1.54) is 39.6 Å². The van der Waals surface area contributed by atoms with E-state index in [0.29, 0.717) is 33.9 Å². The third kappa shape index (κ3) is 4.14. The van der Waals surface area contributed by atoms with Gasteiger partial charge in [0, 0.05) is 29.0 Å². The molecule has 0 radical (unpaired) electrons. The van der Waals surface area contributed by atoms with Gasteiger partial charge in [0.25, 0.3) is 5.56 Å². The zero-order valence-corrected chi connectivity index (χ0v) is 17.8. The first kappa shape index (κ1) is 19.7. The molecule has 154 valence electrons. The predicted molar refractivity (Wildman–Crippen MR) is 120 cm³/mol. The molecule has 9 heteroatoms. The van der Waals surface area contributed by atoms with E-state index in [4.69, 9.17) is 0 Å². The smallest absolute Gasteiger partial charge is 0.258 e. The van der Waals surface area contributed by atoms with Crippen LogP contribution in [0.15, 0.2) is 82.2 Å². The number of aromatic nitrogens is 5. The highest BCUT2D eigenvalue weighted by Gasteiger charge is 2.16. The molecule has 0 bridgehead atoms. The molecule has 0 atom stereocenters. The van der Waals surface area contributed by atoms with E-state index in [9.17, 15) is 9.18 Å². The van der Waals surface area contributed by atoms with Crippen molar-refractivity contribution in [2.24, 2.45) is 0 Å². The van der Waals surface area contributed by atoms with E-state index in [2.05, 4.69) is 15.2 Å². The zero-order chi connectivity index (χ0) is 21.2. The maximum atomic E-state index is 13.4. The van der Waals surface area contributed by atoms with Gasteiger partial charge in [-0.3, -0.25) is 13.8 Å². The molecule has 31 heavy (non-hydrogen) atoms. The van der Waals surface area contributed by atoms with Gasteiger partial charge in [-0.25, -0.2) is 9.37 Å². The van der Waals surface area contributed by atoms with E-state index in [1.807, 2.05) is 40.3 Å². The van der Waals surface area contributed by atoms with Gasteiger partial charge in [-0.1, -0.05) is 42.1 Å². The molecule has 0 unspecified atom stereocenters.